The van der Waals surface area contributed by atoms with Gasteiger partial charge in [-0.25, -0.2) is 0 Å². The summed E-state index contributed by atoms with van der Waals surface area (Å²) in [5.74, 6) is 1.11. The summed E-state index contributed by atoms with van der Waals surface area (Å²) in [6.07, 6.45) is 6.49. The molecule has 1 heterocycles. The molecule has 1 nitrogen and oxygen atoms in total. The minimum Gasteiger partial charge on any atom is -0.460 e. The van der Waals surface area contributed by atoms with Gasteiger partial charge in [0.1, 0.15) is 11.3 Å². The SMILES string of the molecule is Cc1cc(C)cc(-c2c3ccccc3c(-c3ccc4c5c(oc4c3)CCC=C5)c3ccccc23)c1. The molecule has 1 aliphatic carbocycles. The predicted molar refractivity (Wildman–Crippen MR) is 149 cm³/mol. The second kappa shape index (κ2) is 7.71. The van der Waals surface area contributed by atoms with Gasteiger partial charge in [0.2, 0.25) is 0 Å². The minimum atomic E-state index is 0.977. The summed E-state index contributed by atoms with van der Waals surface area (Å²) in [6, 6.07) is 31.3. The predicted octanol–water partition coefficient (Wildman–Crippen LogP) is 9.65. The number of aryl methyl sites for hydroxylation is 3. The van der Waals surface area contributed by atoms with Crippen molar-refractivity contribution in [2.75, 3.05) is 0 Å². The molecule has 7 rings (SSSR count). The Kier molecular flexibility index (Phi) is 4.47. The van der Waals surface area contributed by atoms with Crippen molar-refractivity contribution < 1.29 is 4.42 Å². The maximum absolute atomic E-state index is 6.34. The quantitative estimate of drug-likeness (QED) is 0.239. The van der Waals surface area contributed by atoms with Crippen LogP contribution in [0.1, 0.15) is 28.9 Å². The molecule has 0 bridgehead atoms. The third-order valence-corrected chi connectivity index (χ3v) is 7.36. The number of fused-ring (bicyclic) bond motifs is 5. The van der Waals surface area contributed by atoms with Crippen LogP contribution in [0.4, 0.5) is 0 Å². The highest BCUT2D eigenvalue weighted by Gasteiger charge is 2.19. The van der Waals surface area contributed by atoms with E-state index in [2.05, 4.69) is 111 Å². The molecule has 0 amide bonds. The summed E-state index contributed by atoms with van der Waals surface area (Å²) in [4.78, 5) is 0. The molecule has 0 fully saturated rings. The van der Waals surface area contributed by atoms with E-state index in [-0.39, 0.29) is 0 Å². The van der Waals surface area contributed by atoms with Crippen LogP contribution < -0.4 is 0 Å². The fourth-order valence-electron chi connectivity index (χ4n) is 5.98. The van der Waals surface area contributed by atoms with Crippen molar-refractivity contribution in [1.82, 2.24) is 0 Å². The summed E-state index contributed by atoms with van der Waals surface area (Å²) in [6.45, 7) is 4.37. The van der Waals surface area contributed by atoms with Crippen LogP contribution >= 0.6 is 0 Å². The highest BCUT2D eigenvalue weighted by molar-refractivity contribution is 6.21. The third kappa shape index (κ3) is 3.15. The van der Waals surface area contributed by atoms with E-state index < -0.39 is 0 Å². The second-order valence-electron chi connectivity index (χ2n) is 9.81. The largest absolute Gasteiger partial charge is 0.460 e. The molecule has 5 aromatic carbocycles. The van der Waals surface area contributed by atoms with E-state index in [4.69, 9.17) is 4.42 Å². The Morgan fingerprint density at radius 3 is 1.83 bits per heavy atom. The zero-order valence-corrected chi connectivity index (χ0v) is 20.1. The fraction of sp³-hybridized carbons (Fsp3) is 0.118. The number of allylic oxidation sites excluding steroid dienone is 1. The van der Waals surface area contributed by atoms with Crippen LogP contribution in [0.5, 0.6) is 0 Å². The zero-order valence-electron chi connectivity index (χ0n) is 20.1. The molecule has 1 heteroatoms. The van der Waals surface area contributed by atoms with Crippen LogP contribution in [0, 0.1) is 13.8 Å². The Labute approximate surface area is 205 Å². The van der Waals surface area contributed by atoms with E-state index in [9.17, 15) is 0 Å². The van der Waals surface area contributed by atoms with Gasteiger partial charge in [0.05, 0.1) is 0 Å². The summed E-state index contributed by atoms with van der Waals surface area (Å²) >= 11 is 0. The molecule has 1 aliphatic rings. The van der Waals surface area contributed by atoms with Crippen molar-refractivity contribution in [2.24, 2.45) is 0 Å². The zero-order chi connectivity index (χ0) is 23.5. The van der Waals surface area contributed by atoms with Crippen molar-refractivity contribution in [1.29, 1.82) is 0 Å². The first-order valence-corrected chi connectivity index (χ1v) is 12.4. The van der Waals surface area contributed by atoms with E-state index in [0.717, 1.165) is 24.2 Å². The van der Waals surface area contributed by atoms with Crippen LogP contribution in [0.25, 0.3) is 60.8 Å². The van der Waals surface area contributed by atoms with Gasteiger partial charge in [0, 0.05) is 17.4 Å². The lowest BCUT2D eigenvalue weighted by molar-refractivity contribution is 0.546. The van der Waals surface area contributed by atoms with Gasteiger partial charge in [-0.1, -0.05) is 96.1 Å². The summed E-state index contributed by atoms with van der Waals surface area (Å²) in [5.41, 5.74) is 9.87. The van der Waals surface area contributed by atoms with Crippen LogP contribution in [0.3, 0.4) is 0 Å². The van der Waals surface area contributed by atoms with Crippen molar-refractivity contribution >= 4 is 38.6 Å². The smallest absolute Gasteiger partial charge is 0.135 e. The van der Waals surface area contributed by atoms with Gasteiger partial charge in [-0.2, -0.15) is 0 Å². The Hall–Kier alpha value is -4.10. The van der Waals surface area contributed by atoms with E-state index in [1.165, 1.54) is 65.9 Å². The van der Waals surface area contributed by atoms with E-state index >= 15 is 0 Å². The number of benzene rings is 5. The Balaban J connectivity index is 1.58. The van der Waals surface area contributed by atoms with Crippen LogP contribution in [-0.4, -0.2) is 0 Å². The normalized spacial score (nSPS) is 13.1. The lowest BCUT2D eigenvalue weighted by Gasteiger charge is -2.18. The molecule has 0 spiro atoms. The number of hydrogen-bond donors (Lipinski definition) is 0. The van der Waals surface area contributed by atoms with Gasteiger partial charge < -0.3 is 4.42 Å². The number of hydrogen-bond acceptors (Lipinski definition) is 1. The Bertz CT molecular complexity index is 1740. The number of rotatable bonds is 2. The highest BCUT2D eigenvalue weighted by Crippen LogP contribution is 2.45. The molecule has 0 aliphatic heterocycles. The molecule has 35 heavy (non-hydrogen) atoms. The van der Waals surface area contributed by atoms with Crippen LogP contribution in [0.15, 0.2) is 95.4 Å². The van der Waals surface area contributed by atoms with Crippen LogP contribution in [-0.2, 0) is 6.42 Å². The number of furan rings is 1. The van der Waals surface area contributed by atoms with Crippen molar-refractivity contribution in [3.05, 3.63) is 113 Å². The first-order chi connectivity index (χ1) is 17.2. The van der Waals surface area contributed by atoms with Gasteiger partial charge in [0.15, 0.2) is 0 Å². The summed E-state index contributed by atoms with van der Waals surface area (Å²) in [5, 5.41) is 6.33. The lowest BCUT2D eigenvalue weighted by atomic mass is 9.85. The molecule has 0 N–H and O–H groups in total. The molecular weight excluding hydrogens is 424 g/mol. The molecular formula is C34H26O. The van der Waals surface area contributed by atoms with Gasteiger partial charge in [-0.3, -0.25) is 0 Å². The first kappa shape index (κ1) is 20.3. The average Bonchev–Trinajstić information content (AvgIpc) is 3.24. The molecule has 0 atom stereocenters. The van der Waals surface area contributed by atoms with Gasteiger partial charge >= 0.3 is 0 Å². The first-order valence-electron chi connectivity index (χ1n) is 12.4. The highest BCUT2D eigenvalue weighted by atomic mass is 16.3. The third-order valence-electron chi connectivity index (χ3n) is 7.36. The molecule has 1 aromatic heterocycles. The lowest BCUT2D eigenvalue weighted by Crippen LogP contribution is -1.91. The summed E-state index contributed by atoms with van der Waals surface area (Å²) < 4.78 is 6.34. The van der Waals surface area contributed by atoms with Gasteiger partial charge in [-0.15, -0.1) is 0 Å². The molecule has 168 valence electrons. The topological polar surface area (TPSA) is 13.1 Å². The maximum atomic E-state index is 6.34. The Morgan fingerprint density at radius 2 is 1.20 bits per heavy atom. The average molecular weight is 451 g/mol. The monoisotopic (exact) mass is 450 g/mol. The van der Waals surface area contributed by atoms with Crippen molar-refractivity contribution in [2.45, 2.75) is 26.7 Å². The molecule has 0 radical (unpaired) electrons. The van der Waals surface area contributed by atoms with Gasteiger partial charge in [-0.05, 0) is 76.2 Å². The molecule has 0 saturated heterocycles. The van der Waals surface area contributed by atoms with Crippen molar-refractivity contribution in [3.8, 4) is 22.3 Å². The minimum absolute atomic E-state index is 0.977. The molecule has 0 saturated carbocycles. The second-order valence-corrected chi connectivity index (χ2v) is 9.81. The van der Waals surface area contributed by atoms with E-state index in [1.807, 2.05) is 0 Å². The van der Waals surface area contributed by atoms with Crippen LogP contribution in [0.2, 0.25) is 0 Å². The van der Waals surface area contributed by atoms with E-state index in [1.54, 1.807) is 0 Å². The van der Waals surface area contributed by atoms with E-state index in [0.29, 0.717) is 0 Å². The maximum Gasteiger partial charge on any atom is 0.135 e. The fourth-order valence-corrected chi connectivity index (χ4v) is 5.98. The molecule has 6 aromatic rings. The summed E-state index contributed by atoms with van der Waals surface area (Å²) in [7, 11) is 0. The molecule has 0 unspecified atom stereocenters. The van der Waals surface area contributed by atoms with Crippen molar-refractivity contribution in [3.63, 3.8) is 0 Å². The van der Waals surface area contributed by atoms with Gasteiger partial charge in [0.25, 0.3) is 0 Å². The Morgan fingerprint density at radius 1 is 0.600 bits per heavy atom. The standard InChI is InChI=1S/C34H26O/c1-21-17-22(2)19-24(18-21)34-29-12-5-3-10-27(29)33(28-11-4-6-13-30(28)34)23-15-16-26-25-9-7-8-14-31(25)35-32(26)20-23/h3-7,9-13,15-20H,8,14H2,1-2H3.